The molecule has 2 unspecified atom stereocenters. The van der Waals surface area contributed by atoms with E-state index in [0.29, 0.717) is 12.8 Å². The number of nitrogens with one attached hydrogen (secondary N) is 1. The highest BCUT2D eigenvalue weighted by Crippen LogP contribution is 2.57. The van der Waals surface area contributed by atoms with Gasteiger partial charge in [0.15, 0.2) is 0 Å². The van der Waals surface area contributed by atoms with E-state index < -0.39 is 23.8 Å². The zero-order valence-corrected chi connectivity index (χ0v) is 11.9. The van der Waals surface area contributed by atoms with Crippen LogP contribution in [0.4, 0.5) is 23.7 Å². The van der Waals surface area contributed by atoms with E-state index in [1.165, 1.54) is 25.1 Å². The van der Waals surface area contributed by atoms with Gasteiger partial charge < -0.3 is 4.74 Å². The number of anilines is 1. The Balaban J connectivity index is 2.24. The second-order valence-electron chi connectivity index (χ2n) is 5.56. The molecule has 0 aromatic heterocycles. The van der Waals surface area contributed by atoms with Crippen LogP contribution in [0.3, 0.4) is 0 Å². The van der Waals surface area contributed by atoms with E-state index in [9.17, 15) is 18.0 Å². The maximum absolute atomic E-state index is 13.9. The third-order valence-corrected chi connectivity index (χ3v) is 4.50. The van der Waals surface area contributed by atoms with E-state index >= 15 is 0 Å². The number of hydrogen-bond acceptors (Lipinski definition) is 2. The summed E-state index contributed by atoms with van der Waals surface area (Å²) < 4.78 is 46.5. The minimum absolute atomic E-state index is 0.0977. The number of carbonyl (C=O) groups excluding carboxylic acids is 1. The minimum atomic E-state index is -4.72. The van der Waals surface area contributed by atoms with Gasteiger partial charge in [-0.25, -0.2) is 4.79 Å². The zero-order chi connectivity index (χ0) is 15.4. The molecule has 7 heteroatoms. The van der Waals surface area contributed by atoms with Crippen LogP contribution in [0, 0.1) is 11.8 Å². The maximum Gasteiger partial charge on any atom is 0.433 e. The van der Waals surface area contributed by atoms with Gasteiger partial charge in [0.05, 0.1) is 5.69 Å². The second kappa shape index (κ2) is 4.53. The van der Waals surface area contributed by atoms with Crippen molar-refractivity contribution in [2.45, 2.75) is 31.5 Å². The Bertz CT molecular complexity index is 600. The van der Waals surface area contributed by atoms with Gasteiger partial charge in [0.1, 0.15) is 0 Å². The van der Waals surface area contributed by atoms with Crippen molar-refractivity contribution in [3.05, 3.63) is 28.8 Å². The van der Waals surface area contributed by atoms with Crippen molar-refractivity contribution in [2.75, 3.05) is 5.32 Å². The largest absolute Gasteiger partial charge is 0.433 e. The predicted octanol–water partition coefficient (Wildman–Crippen LogP) is 4.71. The fourth-order valence-corrected chi connectivity index (χ4v) is 3.18. The van der Waals surface area contributed by atoms with Crippen LogP contribution in [-0.4, -0.2) is 12.3 Å². The van der Waals surface area contributed by atoms with E-state index in [2.05, 4.69) is 5.32 Å². The fourth-order valence-electron chi connectivity index (χ4n) is 3.00. The van der Waals surface area contributed by atoms with Crippen LogP contribution in [-0.2, 0) is 10.3 Å². The monoisotopic (exact) mass is 319 g/mol. The first-order valence-corrected chi connectivity index (χ1v) is 7.00. The molecule has 1 fully saturated rings. The highest BCUT2D eigenvalue weighted by atomic mass is 35.5. The number of fused-ring (bicyclic) bond motifs is 1. The highest BCUT2D eigenvalue weighted by Gasteiger charge is 2.67. The Morgan fingerprint density at radius 3 is 2.67 bits per heavy atom. The number of rotatable bonds is 2. The SMILES string of the molecule is CC(C1CC1)C1(C(F)(F)F)OC(=O)Nc2ccc(Cl)cc21. The number of hydrogen-bond donors (Lipinski definition) is 1. The summed E-state index contributed by atoms with van der Waals surface area (Å²) in [4.78, 5) is 11.7. The Labute approximate surface area is 124 Å². The molecule has 1 aromatic rings. The lowest BCUT2D eigenvalue weighted by Gasteiger charge is -2.43. The summed E-state index contributed by atoms with van der Waals surface area (Å²) in [5.41, 5.74) is -2.67. The lowest BCUT2D eigenvalue weighted by Crippen LogP contribution is -2.55. The van der Waals surface area contributed by atoms with Crippen LogP contribution < -0.4 is 5.32 Å². The van der Waals surface area contributed by atoms with Crippen molar-refractivity contribution in [3.8, 4) is 0 Å². The number of ether oxygens (including phenoxy) is 1. The predicted molar refractivity (Wildman–Crippen MR) is 71.2 cm³/mol. The topological polar surface area (TPSA) is 38.3 Å². The van der Waals surface area contributed by atoms with Gasteiger partial charge >= 0.3 is 12.3 Å². The molecule has 1 aromatic carbocycles. The molecule has 1 aliphatic heterocycles. The Hall–Kier alpha value is -1.43. The molecule has 114 valence electrons. The number of cyclic esters (lactones) is 1. The third kappa shape index (κ3) is 2.16. The van der Waals surface area contributed by atoms with Gasteiger partial charge in [0.25, 0.3) is 0 Å². The molecule has 1 saturated carbocycles. The summed E-state index contributed by atoms with van der Waals surface area (Å²) in [6.45, 7) is 1.48. The van der Waals surface area contributed by atoms with Gasteiger partial charge in [-0.05, 0) is 37.0 Å². The normalized spacial score (nSPS) is 26.6. The fraction of sp³-hybridized carbons (Fsp3) is 0.500. The minimum Gasteiger partial charge on any atom is -0.428 e. The van der Waals surface area contributed by atoms with Crippen molar-refractivity contribution >= 4 is 23.4 Å². The summed E-state index contributed by atoms with van der Waals surface area (Å²) >= 11 is 5.85. The van der Waals surface area contributed by atoms with E-state index in [1.54, 1.807) is 0 Å². The maximum atomic E-state index is 13.9. The Morgan fingerprint density at radius 2 is 2.10 bits per heavy atom. The molecule has 1 N–H and O–H groups in total. The zero-order valence-electron chi connectivity index (χ0n) is 11.1. The van der Waals surface area contributed by atoms with Crippen LogP contribution in [0.1, 0.15) is 25.3 Å². The molecule has 2 atom stereocenters. The van der Waals surface area contributed by atoms with Crippen molar-refractivity contribution in [1.29, 1.82) is 0 Å². The van der Waals surface area contributed by atoms with Crippen LogP contribution in [0.2, 0.25) is 5.02 Å². The molecule has 2 aliphatic rings. The molecular weight excluding hydrogens is 307 g/mol. The average Bonchev–Trinajstić information content (AvgIpc) is 3.20. The van der Waals surface area contributed by atoms with Gasteiger partial charge in [-0.15, -0.1) is 0 Å². The summed E-state index contributed by atoms with van der Waals surface area (Å²) in [5.74, 6) is -0.967. The van der Waals surface area contributed by atoms with Crippen LogP contribution >= 0.6 is 11.6 Å². The van der Waals surface area contributed by atoms with Crippen molar-refractivity contribution in [1.82, 2.24) is 0 Å². The molecule has 0 radical (unpaired) electrons. The molecule has 21 heavy (non-hydrogen) atoms. The second-order valence-corrected chi connectivity index (χ2v) is 6.00. The average molecular weight is 320 g/mol. The van der Waals surface area contributed by atoms with E-state index in [-0.39, 0.29) is 22.2 Å². The van der Waals surface area contributed by atoms with E-state index in [1.807, 2.05) is 0 Å². The smallest absolute Gasteiger partial charge is 0.428 e. The first-order valence-electron chi connectivity index (χ1n) is 6.62. The lowest BCUT2D eigenvalue weighted by atomic mass is 9.77. The van der Waals surface area contributed by atoms with Crippen LogP contribution in [0.25, 0.3) is 0 Å². The Morgan fingerprint density at radius 1 is 1.43 bits per heavy atom. The molecule has 0 bridgehead atoms. The van der Waals surface area contributed by atoms with Gasteiger partial charge in [0, 0.05) is 16.5 Å². The number of alkyl halides is 3. The number of halogens is 4. The van der Waals surface area contributed by atoms with Gasteiger partial charge in [0.2, 0.25) is 5.60 Å². The quantitative estimate of drug-likeness (QED) is 0.857. The summed E-state index contributed by atoms with van der Waals surface area (Å²) in [5, 5.41) is 2.48. The molecule has 1 amide bonds. The highest BCUT2D eigenvalue weighted by molar-refractivity contribution is 6.30. The molecule has 0 spiro atoms. The molecule has 1 heterocycles. The molecule has 0 saturated heterocycles. The van der Waals surface area contributed by atoms with E-state index in [4.69, 9.17) is 16.3 Å². The van der Waals surface area contributed by atoms with Crippen LogP contribution in [0.15, 0.2) is 18.2 Å². The van der Waals surface area contributed by atoms with Crippen molar-refractivity contribution < 1.29 is 22.7 Å². The number of carbonyl (C=O) groups is 1. The Kier molecular flexibility index (Phi) is 3.13. The number of amides is 1. The first kappa shape index (κ1) is 14.5. The number of benzene rings is 1. The molecule has 3 rings (SSSR count). The summed E-state index contributed by atoms with van der Waals surface area (Å²) in [6.07, 6.45) is -4.39. The molecular formula is C14H13ClF3NO2. The van der Waals surface area contributed by atoms with Crippen molar-refractivity contribution in [3.63, 3.8) is 0 Å². The summed E-state index contributed by atoms with van der Waals surface area (Å²) in [6, 6.07) is 4.04. The van der Waals surface area contributed by atoms with Gasteiger partial charge in [-0.1, -0.05) is 18.5 Å². The van der Waals surface area contributed by atoms with E-state index in [0.717, 1.165) is 0 Å². The molecule has 1 aliphatic carbocycles. The van der Waals surface area contributed by atoms with Crippen LogP contribution in [0.5, 0.6) is 0 Å². The van der Waals surface area contributed by atoms with Crippen molar-refractivity contribution in [2.24, 2.45) is 11.8 Å². The summed E-state index contributed by atoms with van der Waals surface area (Å²) in [7, 11) is 0. The molecule has 3 nitrogen and oxygen atoms in total. The van der Waals surface area contributed by atoms with Gasteiger partial charge in [-0.2, -0.15) is 13.2 Å². The van der Waals surface area contributed by atoms with Gasteiger partial charge in [-0.3, -0.25) is 5.32 Å². The standard InChI is InChI=1S/C14H13ClF3NO2/c1-7(8-2-3-8)13(14(16,17)18)10-6-9(15)4-5-11(10)19-12(20)21-13/h4-8H,2-3H2,1H3,(H,19,20). The third-order valence-electron chi connectivity index (χ3n) is 4.26. The first-order chi connectivity index (χ1) is 9.75. The lowest BCUT2D eigenvalue weighted by molar-refractivity contribution is -0.285.